The Morgan fingerprint density at radius 3 is 2.53 bits per heavy atom. The number of imidazole rings is 1. The fourth-order valence-electron chi connectivity index (χ4n) is 2.60. The SMILES string of the molecule is CCCCCCCCn1cc[n+](CC2C=CC=C2)c1. The van der Waals surface area contributed by atoms with Crippen LogP contribution in [-0.2, 0) is 13.1 Å². The van der Waals surface area contributed by atoms with Crippen LogP contribution in [0, 0.1) is 5.92 Å². The third kappa shape index (κ3) is 5.06. The molecule has 0 atom stereocenters. The van der Waals surface area contributed by atoms with Gasteiger partial charge in [0.05, 0.1) is 13.1 Å². The fourth-order valence-corrected chi connectivity index (χ4v) is 2.60. The third-order valence-electron chi connectivity index (χ3n) is 3.77. The van der Waals surface area contributed by atoms with E-state index in [1.54, 1.807) is 0 Å². The largest absolute Gasteiger partial charge is 0.243 e. The number of hydrogen-bond donors (Lipinski definition) is 0. The molecule has 0 saturated carbocycles. The molecule has 0 saturated heterocycles. The van der Waals surface area contributed by atoms with E-state index in [2.05, 4.69) is 59.1 Å². The molecule has 0 N–H and O–H groups in total. The van der Waals surface area contributed by atoms with Crippen LogP contribution in [-0.4, -0.2) is 4.57 Å². The van der Waals surface area contributed by atoms with Gasteiger partial charge in [0.15, 0.2) is 0 Å². The van der Waals surface area contributed by atoms with E-state index in [1.165, 1.54) is 38.5 Å². The normalized spacial score (nSPS) is 14.6. The van der Waals surface area contributed by atoms with Crippen molar-refractivity contribution in [2.75, 3.05) is 0 Å². The van der Waals surface area contributed by atoms with Crippen molar-refractivity contribution in [1.82, 2.24) is 4.57 Å². The molecule has 2 heteroatoms. The molecule has 1 aliphatic rings. The molecule has 0 fully saturated rings. The summed E-state index contributed by atoms with van der Waals surface area (Å²) >= 11 is 0. The molecule has 0 bridgehead atoms. The molecule has 0 amide bonds. The molecule has 104 valence electrons. The Bertz CT molecular complexity index is 403. The number of unbranched alkanes of at least 4 members (excludes halogenated alkanes) is 5. The van der Waals surface area contributed by atoms with Crippen molar-refractivity contribution in [2.24, 2.45) is 5.92 Å². The molecule has 1 heterocycles. The quantitative estimate of drug-likeness (QED) is 0.470. The van der Waals surface area contributed by atoms with Crippen LogP contribution in [0.3, 0.4) is 0 Å². The molecule has 0 unspecified atom stereocenters. The van der Waals surface area contributed by atoms with Gasteiger partial charge in [0.25, 0.3) is 0 Å². The second kappa shape index (κ2) is 7.98. The van der Waals surface area contributed by atoms with Gasteiger partial charge in [-0.15, -0.1) is 0 Å². The molecular weight excluding hydrogens is 232 g/mol. The van der Waals surface area contributed by atoms with Crippen LogP contribution in [0.4, 0.5) is 0 Å². The molecule has 1 aliphatic carbocycles. The predicted molar refractivity (Wildman–Crippen MR) is 79.8 cm³/mol. The third-order valence-corrected chi connectivity index (χ3v) is 3.77. The lowest BCUT2D eigenvalue weighted by Crippen LogP contribution is -2.34. The van der Waals surface area contributed by atoms with Gasteiger partial charge < -0.3 is 0 Å². The highest BCUT2D eigenvalue weighted by molar-refractivity contribution is 5.16. The van der Waals surface area contributed by atoms with Gasteiger partial charge in [0, 0.05) is 5.92 Å². The molecular formula is C17H27N2+. The van der Waals surface area contributed by atoms with Crippen molar-refractivity contribution >= 4 is 0 Å². The molecule has 2 nitrogen and oxygen atoms in total. The Kier molecular flexibility index (Phi) is 5.93. The maximum atomic E-state index is 2.32. The summed E-state index contributed by atoms with van der Waals surface area (Å²) in [4.78, 5) is 0. The van der Waals surface area contributed by atoms with Gasteiger partial charge in [-0.05, 0) is 12.8 Å². The number of hydrogen-bond acceptors (Lipinski definition) is 0. The summed E-state index contributed by atoms with van der Waals surface area (Å²) in [6.45, 7) is 4.50. The zero-order valence-corrected chi connectivity index (χ0v) is 12.2. The van der Waals surface area contributed by atoms with Crippen molar-refractivity contribution in [1.29, 1.82) is 0 Å². The molecule has 0 radical (unpaired) electrons. The topological polar surface area (TPSA) is 8.81 Å². The predicted octanol–water partition coefficient (Wildman–Crippen LogP) is 3.88. The van der Waals surface area contributed by atoms with Crippen LogP contribution in [0.25, 0.3) is 0 Å². The lowest BCUT2D eigenvalue weighted by molar-refractivity contribution is -0.699. The van der Waals surface area contributed by atoms with E-state index in [9.17, 15) is 0 Å². The molecule has 0 aromatic carbocycles. The van der Waals surface area contributed by atoms with E-state index < -0.39 is 0 Å². The van der Waals surface area contributed by atoms with Gasteiger partial charge in [0.1, 0.15) is 12.4 Å². The smallest absolute Gasteiger partial charge is 0.237 e. The van der Waals surface area contributed by atoms with Crippen molar-refractivity contribution < 1.29 is 4.57 Å². The number of rotatable bonds is 9. The van der Waals surface area contributed by atoms with Gasteiger partial charge in [-0.1, -0.05) is 56.9 Å². The monoisotopic (exact) mass is 259 g/mol. The van der Waals surface area contributed by atoms with E-state index in [0.29, 0.717) is 5.92 Å². The van der Waals surface area contributed by atoms with Crippen LogP contribution in [0.5, 0.6) is 0 Å². The molecule has 1 aromatic rings. The van der Waals surface area contributed by atoms with Crippen molar-refractivity contribution in [2.45, 2.75) is 58.5 Å². The molecule has 19 heavy (non-hydrogen) atoms. The van der Waals surface area contributed by atoms with Gasteiger partial charge in [-0.3, -0.25) is 0 Å². The maximum Gasteiger partial charge on any atom is 0.243 e. The Labute approximate surface area is 117 Å². The molecule has 0 spiro atoms. The highest BCUT2D eigenvalue weighted by Gasteiger charge is 2.09. The summed E-state index contributed by atoms with van der Waals surface area (Å²) in [6, 6.07) is 0. The van der Waals surface area contributed by atoms with E-state index >= 15 is 0 Å². The Balaban J connectivity index is 1.63. The van der Waals surface area contributed by atoms with Gasteiger partial charge in [0.2, 0.25) is 6.33 Å². The number of nitrogens with zero attached hydrogens (tertiary/aromatic N) is 2. The Hall–Kier alpha value is -1.31. The zero-order valence-electron chi connectivity index (χ0n) is 12.2. The summed E-state index contributed by atoms with van der Waals surface area (Å²) in [6.07, 6.45) is 23.6. The standard InChI is InChI=1S/C17H27N2/c1-2-3-4-5-6-9-12-18-13-14-19(16-18)15-17-10-7-8-11-17/h7-8,10-11,13-14,16-17H,2-6,9,12,15H2,1H3/q+1. The summed E-state index contributed by atoms with van der Waals surface area (Å²) in [5.41, 5.74) is 0. The van der Waals surface area contributed by atoms with E-state index in [-0.39, 0.29) is 0 Å². The highest BCUT2D eigenvalue weighted by atomic mass is 15.1. The first-order chi connectivity index (χ1) is 9.38. The summed E-state index contributed by atoms with van der Waals surface area (Å²) in [5, 5.41) is 0. The van der Waals surface area contributed by atoms with Crippen LogP contribution < -0.4 is 4.57 Å². The number of aryl methyl sites for hydroxylation is 1. The Morgan fingerprint density at radius 2 is 1.74 bits per heavy atom. The maximum absolute atomic E-state index is 2.32. The summed E-state index contributed by atoms with van der Waals surface area (Å²) in [5.74, 6) is 0.579. The van der Waals surface area contributed by atoms with E-state index in [1.807, 2.05) is 0 Å². The number of aromatic nitrogens is 2. The molecule has 1 aromatic heterocycles. The average molecular weight is 259 g/mol. The van der Waals surface area contributed by atoms with Gasteiger partial charge in [-0.25, -0.2) is 9.13 Å². The van der Waals surface area contributed by atoms with Crippen molar-refractivity contribution in [3.05, 3.63) is 43.0 Å². The van der Waals surface area contributed by atoms with Crippen LogP contribution >= 0.6 is 0 Å². The summed E-state index contributed by atoms with van der Waals surface area (Å²) < 4.78 is 4.62. The second-order valence-electron chi connectivity index (χ2n) is 5.55. The van der Waals surface area contributed by atoms with E-state index in [0.717, 1.165) is 13.1 Å². The number of allylic oxidation sites excluding steroid dienone is 4. The first-order valence-electron chi connectivity index (χ1n) is 7.78. The summed E-state index contributed by atoms with van der Waals surface area (Å²) in [7, 11) is 0. The van der Waals surface area contributed by atoms with Gasteiger partial charge >= 0.3 is 0 Å². The first-order valence-corrected chi connectivity index (χ1v) is 7.78. The highest BCUT2D eigenvalue weighted by Crippen LogP contribution is 2.09. The van der Waals surface area contributed by atoms with Gasteiger partial charge in [-0.2, -0.15) is 0 Å². The molecule has 0 aliphatic heterocycles. The second-order valence-corrected chi connectivity index (χ2v) is 5.55. The Morgan fingerprint density at radius 1 is 1.00 bits per heavy atom. The van der Waals surface area contributed by atoms with Crippen LogP contribution in [0.1, 0.15) is 45.4 Å². The van der Waals surface area contributed by atoms with E-state index in [4.69, 9.17) is 0 Å². The lowest BCUT2D eigenvalue weighted by Gasteiger charge is -2.01. The minimum Gasteiger partial charge on any atom is -0.237 e. The molecule has 2 rings (SSSR count). The van der Waals surface area contributed by atoms with Crippen molar-refractivity contribution in [3.63, 3.8) is 0 Å². The van der Waals surface area contributed by atoms with Crippen molar-refractivity contribution in [3.8, 4) is 0 Å². The van der Waals surface area contributed by atoms with Crippen LogP contribution in [0.2, 0.25) is 0 Å². The first kappa shape index (κ1) is 14.1. The zero-order chi connectivity index (χ0) is 13.3. The van der Waals surface area contributed by atoms with Crippen LogP contribution in [0.15, 0.2) is 43.0 Å². The average Bonchev–Trinajstić information content (AvgIpc) is 3.06. The minimum atomic E-state index is 0.579. The fraction of sp³-hybridized carbons (Fsp3) is 0.588. The lowest BCUT2D eigenvalue weighted by atomic mass is 10.1. The minimum absolute atomic E-state index is 0.579.